The molecule has 1 aromatic carbocycles. The molecule has 0 atom stereocenters. The van der Waals surface area contributed by atoms with E-state index in [-0.39, 0.29) is 0 Å². The van der Waals surface area contributed by atoms with Crippen LogP contribution in [-0.4, -0.2) is 9.78 Å². The van der Waals surface area contributed by atoms with Crippen LogP contribution in [0.4, 0.5) is 0 Å². The number of aromatic nitrogens is 2. The summed E-state index contributed by atoms with van der Waals surface area (Å²) in [6.45, 7) is 5.29. The van der Waals surface area contributed by atoms with Gasteiger partial charge in [-0.3, -0.25) is 4.68 Å². The molecular weight excluding hydrogens is 354 g/mol. The molecule has 21 heavy (non-hydrogen) atoms. The first-order valence-corrected chi connectivity index (χ1v) is 7.84. The van der Waals surface area contributed by atoms with Gasteiger partial charge in [-0.15, -0.1) is 0 Å². The Bertz CT molecular complexity index is 691. The lowest BCUT2D eigenvalue weighted by Gasteiger charge is -2.09. The summed E-state index contributed by atoms with van der Waals surface area (Å²) in [6, 6.07) is 7.08. The van der Waals surface area contributed by atoms with Crippen LogP contribution >= 0.6 is 27.5 Å². The van der Waals surface area contributed by atoms with Gasteiger partial charge in [0.15, 0.2) is 0 Å². The number of rotatable bonds is 5. The van der Waals surface area contributed by atoms with Gasteiger partial charge in [0.05, 0.1) is 26.4 Å². The molecule has 0 saturated heterocycles. The van der Waals surface area contributed by atoms with Gasteiger partial charge in [-0.2, -0.15) is 10.4 Å². The highest BCUT2D eigenvalue weighted by Gasteiger charge is 2.14. The molecule has 2 aromatic rings. The maximum atomic E-state index is 8.86. The lowest BCUT2D eigenvalue weighted by Crippen LogP contribution is -2.06. The summed E-state index contributed by atoms with van der Waals surface area (Å²) >= 11 is 9.58. The van der Waals surface area contributed by atoms with Crippen LogP contribution in [0.25, 0.3) is 0 Å². The standard InChI is InChI=1S/C15H15BrClN3O/c1-3-13-15(16)14(20(4-2)19-13)9-21-11-6-5-10(8-18)12(17)7-11/h5-7H,3-4,9H2,1-2H3. The zero-order chi connectivity index (χ0) is 15.4. The Morgan fingerprint density at radius 3 is 2.76 bits per heavy atom. The molecule has 1 heterocycles. The number of nitrogens with zero attached hydrogens (tertiary/aromatic N) is 3. The Labute approximate surface area is 137 Å². The zero-order valence-electron chi connectivity index (χ0n) is 11.9. The van der Waals surface area contributed by atoms with Crippen molar-refractivity contribution in [3.63, 3.8) is 0 Å². The molecule has 0 radical (unpaired) electrons. The van der Waals surface area contributed by atoms with Gasteiger partial charge in [-0.25, -0.2) is 0 Å². The minimum Gasteiger partial charge on any atom is -0.487 e. The first kappa shape index (κ1) is 15.9. The van der Waals surface area contributed by atoms with Crippen molar-refractivity contribution in [3.8, 4) is 11.8 Å². The predicted octanol–water partition coefficient (Wildman–Crippen LogP) is 4.33. The molecule has 4 nitrogen and oxygen atoms in total. The Hall–Kier alpha value is -1.51. The highest BCUT2D eigenvalue weighted by atomic mass is 79.9. The second-order valence-electron chi connectivity index (χ2n) is 4.42. The van der Waals surface area contributed by atoms with Crippen molar-refractivity contribution in [1.82, 2.24) is 9.78 Å². The van der Waals surface area contributed by atoms with Gasteiger partial charge >= 0.3 is 0 Å². The van der Waals surface area contributed by atoms with Crippen molar-refractivity contribution < 1.29 is 4.74 Å². The highest BCUT2D eigenvalue weighted by Crippen LogP contribution is 2.26. The second kappa shape index (κ2) is 6.97. The molecule has 2 rings (SSSR count). The number of hydrogen-bond donors (Lipinski definition) is 0. The van der Waals surface area contributed by atoms with E-state index in [0.29, 0.717) is 22.9 Å². The van der Waals surface area contributed by atoms with Crippen LogP contribution in [0.3, 0.4) is 0 Å². The molecule has 0 bridgehead atoms. The molecular formula is C15H15BrClN3O. The number of benzene rings is 1. The predicted molar refractivity (Wildman–Crippen MR) is 85.5 cm³/mol. The minimum atomic E-state index is 0.393. The van der Waals surface area contributed by atoms with Crippen LogP contribution in [0, 0.1) is 11.3 Å². The molecule has 0 amide bonds. The Morgan fingerprint density at radius 2 is 2.19 bits per heavy atom. The number of nitriles is 1. The largest absolute Gasteiger partial charge is 0.487 e. The second-order valence-corrected chi connectivity index (χ2v) is 5.62. The van der Waals surface area contributed by atoms with Crippen LogP contribution in [0.1, 0.15) is 30.8 Å². The maximum Gasteiger partial charge on any atom is 0.131 e. The zero-order valence-corrected chi connectivity index (χ0v) is 14.2. The molecule has 0 spiro atoms. The summed E-state index contributed by atoms with van der Waals surface area (Å²) in [5.41, 5.74) is 2.46. The molecule has 110 valence electrons. The summed E-state index contributed by atoms with van der Waals surface area (Å²) in [5, 5.41) is 13.8. The van der Waals surface area contributed by atoms with Gasteiger partial charge in [0.1, 0.15) is 18.4 Å². The third kappa shape index (κ3) is 3.39. The van der Waals surface area contributed by atoms with E-state index >= 15 is 0 Å². The van der Waals surface area contributed by atoms with E-state index < -0.39 is 0 Å². The normalized spacial score (nSPS) is 10.4. The Morgan fingerprint density at radius 1 is 1.43 bits per heavy atom. The van der Waals surface area contributed by atoms with Gasteiger partial charge in [-0.05, 0) is 41.4 Å². The molecule has 0 aliphatic heterocycles. The molecule has 0 aliphatic rings. The summed E-state index contributed by atoms with van der Waals surface area (Å²) in [6.07, 6.45) is 0.864. The third-order valence-corrected chi connectivity index (χ3v) is 4.36. The molecule has 0 N–H and O–H groups in total. The number of aryl methyl sites for hydroxylation is 2. The van der Waals surface area contributed by atoms with Crippen LogP contribution < -0.4 is 4.74 Å². The minimum absolute atomic E-state index is 0.393. The van der Waals surface area contributed by atoms with E-state index in [0.717, 1.165) is 28.8 Å². The first-order valence-electron chi connectivity index (χ1n) is 6.67. The molecule has 0 saturated carbocycles. The molecule has 6 heteroatoms. The van der Waals surface area contributed by atoms with Gasteiger partial charge in [0, 0.05) is 12.6 Å². The van der Waals surface area contributed by atoms with E-state index in [2.05, 4.69) is 28.0 Å². The van der Waals surface area contributed by atoms with Gasteiger partial charge < -0.3 is 4.74 Å². The SMILES string of the molecule is CCc1nn(CC)c(COc2ccc(C#N)c(Cl)c2)c1Br. The summed E-state index contributed by atoms with van der Waals surface area (Å²) < 4.78 is 8.69. The number of ether oxygens (including phenoxy) is 1. The summed E-state index contributed by atoms with van der Waals surface area (Å²) in [4.78, 5) is 0. The van der Waals surface area contributed by atoms with Crippen molar-refractivity contribution >= 4 is 27.5 Å². The van der Waals surface area contributed by atoms with Crippen molar-refractivity contribution in [2.75, 3.05) is 0 Å². The molecule has 1 aromatic heterocycles. The smallest absolute Gasteiger partial charge is 0.131 e. The third-order valence-electron chi connectivity index (χ3n) is 3.13. The molecule has 0 unspecified atom stereocenters. The first-order chi connectivity index (χ1) is 10.1. The van der Waals surface area contributed by atoms with Crippen LogP contribution in [0.15, 0.2) is 22.7 Å². The quantitative estimate of drug-likeness (QED) is 0.789. The fourth-order valence-corrected chi connectivity index (χ4v) is 2.87. The summed E-state index contributed by atoms with van der Waals surface area (Å²) in [7, 11) is 0. The van der Waals surface area contributed by atoms with Gasteiger partial charge in [0.25, 0.3) is 0 Å². The van der Waals surface area contributed by atoms with Crippen LogP contribution in [0.5, 0.6) is 5.75 Å². The van der Waals surface area contributed by atoms with E-state index in [1.54, 1.807) is 18.2 Å². The van der Waals surface area contributed by atoms with Crippen molar-refractivity contribution in [2.24, 2.45) is 0 Å². The Kier molecular flexibility index (Phi) is 5.27. The monoisotopic (exact) mass is 367 g/mol. The fourth-order valence-electron chi connectivity index (χ4n) is 1.98. The fraction of sp³-hybridized carbons (Fsp3) is 0.333. The molecule has 0 fully saturated rings. The van der Waals surface area contributed by atoms with Crippen LogP contribution in [-0.2, 0) is 19.6 Å². The number of halogens is 2. The lowest BCUT2D eigenvalue weighted by atomic mass is 10.2. The van der Waals surface area contributed by atoms with E-state index in [4.69, 9.17) is 21.6 Å². The van der Waals surface area contributed by atoms with Crippen molar-refractivity contribution in [2.45, 2.75) is 33.4 Å². The van der Waals surface area contributed by atoms with Gasteiger partial charge in [-0.1, -0.05) is 18.5 Å². The number of hydrogen-bond acceptors (Lipinski definition) is 3. The van der Waals surface area contributed by atoms with Gasteiger partial charge in [0.2, 0.25) is 0 Å². The average molecular weight is 369 g/mol. The Balaban J connectivity index is 2.18. The average Bonchev–Trinajstić information content (AvgIpc) is 2.80. The van der Waals surface area contributed by atoms with E-state index in [9.17, 15) is 0 Å². The van der Waals surface area contributed by atoms with Crippen molar-refractivity contribution in [1.29, 1.82) is 5.26 Å². The highest BCUT2D eigenvalue weighted by molar-refractivity contribution is 9.10. The van der Waals surface area contributed by atoms with E-state index in [1.165, 1.54) is 0 Å². The molecule has 0 aliphatic carbocycles. The van der Waals surface area contributed by atoms with Crippen molar-refractivity contribution in [3.05, 3.63) is 44.6 Å². The topological polar surface area (TPSA) is 50.8 Å². The van der Waals surface area contributed by atoms with Crippen LogP contribution in [0.2, 0.25) is 5.02 Å². The maximum absolute atomic E-state index is 8.86. The van der Waals surface area contributed by atoms with E-state index in [1.807, 2.05) is 17.7 Å². The summed E-state index contributed by atoms with van der Waals surface area (Å²) in [5.74, 6) is 0.632. The lowest BCUT2D eigenvalue weighted by molar-refractivity contribution is 0.291.